The Bertz CT molecular complexity index is 1500. The maximum atomic E-state index is 14.8. The number of pyridine rings is 1. The number of ether oxygens (including phenoxy) is 4. The van der Waals surface area contributed by atoms with Gasteiger partial charge in [-0.15, -0.1) is 0 Å². The zero-order valence-corrected chi connectivity index (χ0v) is 26.0. The molecule has 3 rings (SSSR count). The lowest BCUT2D eigenvalue weighted by Gasteiger charge is -2.23. The molecular formula is C33H38F2N2O7. The second-order valence-electron chi connectivity index (χ2n) is 12.0. The van der Waals surface area contributed by atoms with E-state index < -0.39 is 52.8 Å². The van der Waals surface area contributed by atoms with Crippen LogP contribution in [-0.2, 0) is 32.0 Å². The Morgan fingerprint density at radius 1 is 0.886 bits per heavy atom. The van der Waals surface area contributed by atoms with E-state index in [0.29, 0.717) is 23.5 Å². The van der Waals surface area contributed by atoms with Gasteiger partial charge < -0.3 is 29.1 Å². The molecule has 0 aliphatic rings. The number of hydrogen-bond acceptors (Lipinski definition) is 8. The Kier molecular flexibility index (Phi) is 11.0. The number of rotatable bonds is 11. The number of carbonyl (C=O) groups is 3. The van der Waals surface area contributed by atoms with Crippen LogP contribution in [0.5, 0.6) is 17.5 Å². The van der Waals surface area contributed by atoms with Gasteiger partial charge in [-0.3, -0.25) is 0 Å². The van der Waals surface area contributed by atoms with Gasteiger partial charge in [0, 0.05) is 19.0 Å². The topological polar surface area (TPSA) is 113 Å². The van der Waals surface area contributed by atoms with Crippen LogP contribution in [0.3, 0.4) is 0 Å². The minimum Gasteiger partial charge on any atom is -0.460 e. The lowest BCUT2D eigenvalue weighted by atomic mass is 9.99. The quantitative estimate of drug-likeness (QED) is 0.181. The van der Waals surface area contributed by atoms with Crippen molar-refractivity contribution < 1.29 is 42.1 Å². The standard InChI is InChI=1S/C33H38F2N2O7/c1-8-27(30(39)43-32(2,3)4)42-29-26(35)18-25(34)28(37-29)41-24-16-20(12-13-38)14-23(17-24)22-11-9-10-21(15-22)19-36-31(40)44-33(5,6)7/h9-11,13-18,27H,8,12,19H2,1-7H3,(H,36,40)/t27-/m1/s1. The van der Waals surface area contributed by atoms with E-state index >= 15 is 0 Å². The number of amides is 1. The van der Waals surface area contributed by atoms with Crippen LogP contribution < -0.4 is 14.8 Å². The molecule has 9 nitrogen and oxygen atoms in total. The lowest BCUT2D eigenvalue weighted by molar-refractivity contribution is -0.163. The number of aldehydes is 1. The van der Waals surface area contributed by atoms with Crippen LogP contribution in [0.15, 0.2) is 48.5 Å². The van der Waals surface area contributed by atoms with Gasteiger partial charge >= 0.3 is 12.1 Å². The van der Waals surface area contributed by atoms with Gasteiger partial charge in [0.15, 0.2) is 17.7 Å². The van der Waals surface area contributed by atoms with Gasteiger partial charge in [-0.2, -0.15) is 4.98 Å². The Morgan fingerprint density at radius 2 is 1.55 bits per heavy atom. The molecule has 44 heavy (non-hydrogen) atoms. The molecule has 0 aliphatic carbocycles. The van der Waals surface area contributed by atoms with Crippen molar-refractivity contribution in [2.45, 2.75) is 85.2 Å². The molecule has 11 heteroatoms. The van der Waals surface area contributed by atoms with E-state index in [0.717, 1.165) is 11.1 Å². The molecule has 0 unspecified atom stereocenters. The minimum absolute atomic E-state index is 0.0475. The van der Waals surface area contributed by atoms with Crippen molar-refractivity contribution in [2.75, 3.05) is 0 Å². The second-order valence-corrected chi connectivity index (χ2v) is 12.0. The van der Waals surface area contributed by atoms with Crippen molar-refractivity contribution in [3.63, 3.8) is 0 Å². The summed E-state index contributed by atoms with van der Waals surface area (Å²) in [5.41, 5.74) is 1.28. The zero-order chi connectivity index (χ0) is 32.7. The zero-order valence-electron chi connectivity index (χ0n) is 26.0. The van der Waals surface area contributed by atoms with E-state index in [1.54, 1.807) is 66.7 Å². The summed E-state index contributed by atoms with van der Waals surface area (Å²) < 4.78 is 51.3. The van der Waals surface area contributed by atoms with Crippen molar-refractivity contribution in [1.82, 2.24) is 10.3 Å². The van der Waals surface area contributed by atoms with Crippen LogP contribution in [0.25, 0.3) is 11.1 Å². The van der Waals surface area contributed by atoms with E-state index in [9.17, 15) is 23.2 Å². The molecule has 1 atom stereocenters. The number of esters is 1. The average Bonchev–Trinajstić information content (AvgIpc) is 2.91. The summed E-state index contributed by atoms with van der Waals surface area (Å²) in [6.07, 6.45) is -0.832. The van der Waals surface area contributed by atoms with Crippen LogP contribution in [0.2, 0.25) is 0 Å². The molecule has 0 saturated carbocycles. The van der Waals surface area contributed by atoms with Crippen molar-refractivity contribution in [3.8, 4) is 28.6 Å². The Labute approximate surface area is 255 Å². The number of nitrogens with one attached hydrogen (secondary N) is 1. The van der Waals surface area contributed by atoms with Crippen LogP contribution in [0.4, 0.5) is 13.6 Å². The summed E-state index contributed by atoms with van der Waals surface area (Å²) in [5.74, 6) is -4.04. The van der Waals surface area contributed by atoms with Gasteiger partial charge in [-0.05, 0) is 88.4 Å². The summed E-state index contributed by atoms with van der Waals surface area (Å²) >= 11 is 0. The predicted molar refractivity (Wildman–Crippen MR) is 159 cm³/mol. The molecule has 2 aromatic carbocycles. The molecule has 3 aromatic rings. The van der Waals surface area contributed by atoms with E-state index in [-0.39, 0.29) is 25.1 Å². The first-order valence-corrected chi connectivity index (χ1v) is 14.1. The Balaban J connectivity index is 1.89. The number of carbonyl (C=O) groups excluding carboxylic acids is 3. The highest BCUT2D eigenvalue weighted by molar-refractivity contribution is 5.75. The number of benzene rings is 2. The molecule has 1 aromatic heterocycles. The van der Waals surface area contributed by atoms with E-state index in [4.69, 9.17) is 18.9 Å². The lowest BCUT2D eigenvalue weighted by Crippen LogP contribution is -2.35. The Morgan fingerprint density at radius 3 is 2.18 bits per heavy atom. The first kappa shape index (κ1) is 34.0. The normalized spacial score (nSPS) is 12.2. The monoisotopic (exact) mass is 612 g/mol. The number of halogens is 2. The average molecular weight is 613 g/mol. The van der Waals surface area contributed by atoms with Gasteiger partial charge in [0.2, 0.25) is 0 Å². The molecule has 1 heterocycles. The van der Waals surface area contributed by atoms with Crippen LogP contribution in [0, 0.1) is 11.6 Å². The fourth-order valence-electron chi connectivity index (χ4n) is 3.95. The van der Waals surface area contributed by atoms with Crippen LogP contribution in [-0.4, -0.2) is 40.6 Å². The maximum Gasteiger partial charge on any atom is 0.407 e. The molecule has 0 bridgehead atoms. The van der Waals surface area contributed by atoms with Gasteiger partial charge in [0.1, 0.15) is 23.2 Å². The largest absolute Gasteiger partial charge is 0.460 e. The highest BCUT2D eigenvalue weighted by atomic mass is 19.1. The summed E-state index contributed by atoms with van der Waals surface area (Å²) in [4.78, 5) is 39.8. The predicted octanol–water partition coefficient (Wildman–Crippen LogP) is 7.08. The van der Waals surface area contributed by atoms with Gasteiger partial charge in [0.25, 0.3) is 11.8 Å². The van der Waals surface area contributed by atoms with Gasteiger partial charge in [-0.25, -0.2) is 18.4 Å². The highest BCUT2D eigenvalue weighted by Crippen LogP contribution is 2.32. The molecule has 0 radical (unpaired) electrons. The molecule has 0 fully saturated rings. The summed E-state index contributed by atoms with van der Waals surface area (Å²) in [6.45, 7) is 12.2. The van der Waals surface area contributed by atoms with Crippen molar-refractivity contribution in [2.24, 2.45) is 0 Å². The SMILES string of the molecule is CC[C@@H](Oc1nc(Oc2cc(CC=O)cc(-c3cccc(CNC(=O)OC(C)(C)C)c3)c2)c(F)cc1F)C(=O)OC(C)(C)C. The number of nitrogens with zero attached hydrogens (tertiary/aromatic N) is 1. The van der Waals surface area contributed by atoms with Crippen LogP contribution >= 0.6 is 0 Å². The van der Waals surface area contributed by atoms with Gasteiger partial charge in [-0.1, -0.05) is 31.2 Å². The molecule has 1 N–H and O–H groups in total. The number of hydrogen-bond donors (Lipinski definition) is 1. The molecule has 236 valence electrons. The van der Waals surface area contributed by atoms with Crippen molar-refractivity contribution >= 4 is 18.3 Å². The Hall–Kier alpha value is -4.54. The molecule has 0 aliphatic heterocycles. The smallest absolute Gasteiger partial charge is 0.407 e. The number of alkyl carbamates (subject to hydrolysis) is 1. The van der Waals surface area contributed by atoms with Crippen molar-refractivity contribution in [1.29, 1.82) is 0 Å². The fourth-order valence-corrected chi connectivity index (χ4v) is 3.95. The van der Waals surface area contributed by atoms with Crippen LogP contribution in [0.1, 0.15) is 66.0 Å². The summed E-state index contributed by atoms with van der Waals surface area (Å²) in [7, 11) is 0. The minimum atomic E-state index is -1.19. The van der Waals surface area contributed by atoms with E-state index in [1.807, 2.05) is 18.2 Å². The van der Waals surface area contributed by atoms with E-state index in [2.05, 4.69) is 10.3 Å². The highest BCUT2D eigenvalue weighted by Gasteiger charge is 2.28. The summed E-state index contributed by atoms with van der Waals surface area (Å²) in [5, 5.41) is 2.71. The molecular weight excluding hydrogens is 574 g/mol. The van der Waals surface area contributed by atoms with E-state index in [1.165, 1.54) is 6.07 Å². The third-order valence-corrected chi connectivity index (χ3v) is 5.76. The third kappa shape index (κ3) is 10.3. The number of aromatic nitrogens is 1. The third-order valence-electron chi connectivity index (χ3n) is 5.76. The first-order valence-electron chi connectivity index (χ1n) is 14.1. The maximum absolute atomic E-state index is 14.8. The molecule has 0 spiro atoms. The summed E-state index contributed by atoms with van der Waals surface area (Å²) in [6, 6.07) is 12.8. The molecule has 0 saturated heterocycles. The fraction of sp³-hybridized carbons (Fsp3) is 0.394. The second kappa shape index (κ2) is 14.3. The molecule has 1 amide bonds. The first-order chi connectivity index (χ1) is 20.6. The van der Waals surface area contributed by atoms with Crippen molar-refractivity contribution in [3.05, 3.63) is 71.3 Å². The van der Waals surface area contributed by atoms with Gasteiger partial charge in [0.05, 0.1) is 0 Å².